The zero-order valence-corrected chi connectivity index (χ0v) is 14.8. The summed E-state index contributed by atoms with van der Waals surface area (Å²) in [5.74, 6) is -0.163. The molecule has 1 saturated heterocycles. The number of likely N-dealkylation sites (N-methyl/N-ethyl adjacent to an activating group) is 1. The standard InChI is InChI=1S/C18H22FN3OS/c1-12-17(18(23)22-9-3-4-15(11-22)20-2)24-16(21-12)10-13-5-7-14(19)8-6-13/h5-8,15,20H,3-4,9-11H2,1-2H3. The maximum absolute atomic E-state index is 13.0. The van der Waals surface area contributed by atoms with Crippen molar-refractivity contribution in [2.45, 2.75) is 32.2 Å². The Morgan fingerprint density at radius 1 is 1.42 bits per heavy atom. The first kappa shape index (κ1) is 17.0. The highest BCUT2D eigenvalue weighted by atomic mass is 32.1. The Hall–Kier alpha value is -1.79. The average molecular weight is 347 g/mol. The highest BCUT2D eigenvalue weighted by Gasteiger charge is 2.26. The molecular formula is C18H22FN3OS. The number of halogens is 1. The lowest BCUT2D eigenvalue weighted by Gasteiger charge is -2.32. The number of hydrogen-bond donors (Lipinski definition) is 1. The van der Waals surface area contributed by atoms with E-state index < -0.39 is 0 Å². The first-order valence-electron chi connectivity index (χ1n) is 8.24. The van der Waals surface area contributed by atoms with Crippen LogP contribution in [0.15, 0.2) is 24.3 Å². The number of nitrogens with one attached hydrogen (secondary N) is 1. The Labute approximate surface area is 145 Å². The van der Waals surface area contributed by atoms with Crippen LogP contribution in [0.2, 0.25) is 0 Å². The molecule has 6 heteroatoms. The van der Waals surface area contributed by atoms with E-state index in [4.69, 9.17) is 0 Å². The summed E-state index contributed by atoms with van der Waals surface area (Å²) in [5, 5.41) is 4.15. The first-order valence-corrected chi connectivity index (χ1v) is 9.05. The van der Waals surface area contributed by atoms with Crippen molar-refractivity contribution in [1.82, 2.24) is 15.2 Å². The van der Waals surface area contributed by atoms with Crippen LogP contribution >= 0.6 is 11.3 Å². The van der Waals surface area contributed by atoms with Gasteiger partial charge in [-0.25, -0.2) is 9.37 Å². The quantitative estimate of drug-likeness (QED) is 0.925. The number of aromatic nitrogens is 1. The van der Waals surface area contributed by atoms with Crippen molar-refractivity contribution < 1.29 is 9.18 Å². The van der Waals surface area contributed by atoms with Crippen LogP contribution in [0.4, 0.5) is 4.39 Å². The number of piperidine rings is 1. The van der Waals surface area contributed by atoms with Gasteiger partial charge < -0.3 is 10.2 Å². The van der Waals surface area contributed by atoms with Crippen molar-refractivity contribution in [3.63, 3.8) is 0 Å². The number of aryl methyl sites for hydroxylation is 1. The lowest BCUT2D eigenvalue weighted by molar-refractivity contribution is 0.0702. The number of rotatable bonds is 4. The SMILES string of the molecule is CNC1CCCN(C(=O)c2sc(Cc3ccc(F)cc3)nc2C)C1. The highest BCUT2D eigenvalue weighted by molar-refractivity contribution is 7.13. The van der Waals surface area contributed by atoms with Gasteiger partial charge >= 0.3 is 0 Å². The second-order valence-electron chi connectivity index (χ2n) is 6.20. The molecule has 1 aromatic carbocycles. The van der Waals surface area contributed by atoms with Gasteiger partial charge in [-0.2, -0.15) is 0 Å². The van der Waals surface area contributed by atoms with Gasteiger partial charge in [0.05, 0.1) is 10.7 Å². The normalized spacial score (nSPS) is 18.0. The summed E-state index contributed by atoms with van der Waals surface area (Å²) >= 11 is 1.45. The number of thiazole rings is 1. The summed E-state index contributed by atoms with van der Waals surface area (Å²) in [6, 6.07) is 6.79. The summed E-state index contributed by atoms with van der Waals surface area (Å²) in [6.07, 6.45) is 2.76. The Bertz CT molecular complexity index is 714. The molecule has 0 aliphatic carbocycles. The molecule has 1 amide bonds. The summed E-state index contributed by atoms with van der Waals surface area (Å²) in [7, 11) is 1.94. The minimum atomic E-state index is -0.242. The van der Waals surface area contributed by atoms with Crippen molar-refractivity contribution in [1.29, 1.82) is 0 Å². The average Bonchev–Trinajstić information content (AvgIpc) is 2.96. The number of benzene rings is 1. The fourth-order valence-electron chi connectivity index (χ4n) is 3.04. The van der Waals surface area contributed by atoms with Gasteiger partial charge in [-0.1, -0.05) is 12.1 Å². The van der Waals surface area contributed by atoms with Crippen LogP contribution in [0, 0.1) is 12.7 Å². The van der Waals surface area contributed by atoms with E-state index in [9.17, 15) is 9.18 Å². The maximum Gasteiger partial charge on any atom is 0.265 e. The number of amides is 1. The van der Waals surface area contributed by atoms with Crippen LogP contribution in [0.5, 0.6) is 0 Å². The van der Waals surface area contributed by atoms with Gasteiger partial charge in [0, 0.05) is 25.6 Å². The van der Waals surface area contributed by atoms with Crippen LogP contribution in [0.25, 0.3) is 0 Å². The molecule has 3 rings (SSSR count). The molecule has 1 N–H and O–H groups in total. The fraction of sp³-hybridized carbons (Fsp3) is 0.444. The summed E-state index contributed by atoms with van der Waals surface area (Å²) in [5.41, 5.74) is 1.78. The molecule has 0 radical (unpaired) electrons. The highest BCUT2D eigenvalue weighted by Crippen LogP contribution is 2.24. The zero-order valence-electron chi connectivity index (χ0n) is 14.0. The van der Waals surface area contributed by atoms with E-state index in [1.807, 2.05) is 18.9 Å². The predicted molar refractivity (Wildman–Crippen MR) is 94.0 cm³/mol. The molecule has 1 atom stereocenters. The van der Waals surface area contributed by atoms with E-state index in [1.165, 1.54) is 23.5 Å². The van der Waals surface area contributed by atoms with E-state index in [1.54, 1.807) is 12.1 Å². The van der Waals surface area contributed by atoms with E-state index in [-0.39, 0.29) is 11.7 Å². The van der Waals surface area contributed by atoms with Crippen molar-refractivity contribution in [3.8, 4) is 0 Å². The molecule has 1 aliphatic heterocycles. The maximum atomic E-state index is 13.0. The molecule has 1 aromatic heterocycles. The molecule has 24 heavy (non-hydrogen) atoms. The zero-order chi connectivity index (χ0) is 17.1. The lowest BCUT2D eigenvalue weighted by Crippen LogP contribution is -2.46. The van der Waals surface area contributed by atoms with Crippen LogP contribution < -0.4 is 5.32 Å². The molecule has 2 heterocycles. The van der Waals surface area contributed by atoms with Gasteiger partial charge in [0.15, 0.2) is 0 Å². The number of carbonyl (C=O) groups is 1. The number of nitrogens with zero attached hydrogens (tertiary/aromatic N) is 2. The molecule has 2 aromatic rings. The second-order valence-corrected chi connectivity index (χ2v) is 7.29. The van der Waals surface area contributed by atoms with Crippen LogP contribution in [-0.2, 0) is 6.42 Å². The topological polar surface area (TPSA) is 45.2 Å². The van der Waals surface area contributed by atoms with Crippen molar-refractivity contribution in [3.05, 3.63) is 51.2 Å². The van der Waals surface area contributed by atoms with Gasteiger partial charge in [-0.05, 0) is 44.5 Å². The number of likely N-dealkylation sites (tertiary alicyclic amines) is 1. The molecular weight excluding hydrogens is 325 g/mol. The molecule has 128 valence electrons. The Morgan fingerprint density at radius 3 is 2.88 bits per heavy atom. The summed E-state index contributed by atoms with van der Waals surface area (Å²) in [6.45, 7) is 3.44. The van der Waals surface area contributed by atoms with Crippen molar-refractivity contribution in [2.75, 3.05) is 20.1 Å². The van der Waals surface area contributed by atoms with Crippen LogP contribution in [-0.4, -0.2) is 42.0 Å². The smallest absolute Gasteiger partial charge is 0.265 e. The minimum absolute atomic E-state index is 0.0790. The van der Waals surface area contributed by atoms with Gasteiger partial charge in [0.25, 0.3) is 5.91 Å². The first-order chi connectivity index (χ1) is 11.6. The van der Waals surface area contributed by atoms with Crippen molar-refractivity contribution >= 4 is 17.2 Å². The third kappa shape index (κ3) is 3.82. The second kappa shape index (κ2) is 7.40. The summed E-state index contributed by atoms with van der Waals surface area (Å²) < 4.78 is 13.0. The fourth-order valence-corrected chi connectivity index (χ4v) is 4.11. The molecule has 0 bridgehead atoms. The molecule has 1 unspecified atom stereocenters. The third-order valence-electron chi connectivity index (χ3n) is 4.42. The molecule has 4 nitrogen and oxygen atoms in total. The lowest BCUT2D eigenvalue weighted by atomic mass is 10.1. The molecule has 1 aliphatic rings. The molecule has 0 saturated carbocycles. The van der Waals surface area contributed by atoms with Crippen LogP contribution in [0.3, 0.4) is 0 Å². The monoisotopic (exact) mass is 347 g/mol. The largest absolute Gasteiger partial charge is 0.336 e. The van der Waals surface area contributed by atoms with Gasteiger partial charge in [-0.3, -0.25) is 4.79 Å². The predicted octanol–water partition coefficient (Wildman–Crippen LogP) is 3.01. The van der Waals surface area contributed by atoms with Gasteiger partial charge in [0.2, 0.25) is 0 Å². The Balaban J connectivity index is 1.73. The third-order valence-corrected chi connectivity index (χ3v) is 5.57. The molecule has 0 spiro atoms. The van der Waals surface area contributed by atoms with E-state index in [0.717, 1.165) is 47.1 Å². The Morgan fingerprint density at radius 2 is 2.17 bits per heavy atom. The van der Waals surface area contributed by atoms with Crippen LogP contribution in [0.1, 0.15) is 38.8 Å². The van der Waals surface area contributed by atoms with E-state index in [0.29, 0.717) is 12.5 Å². The van der Waals surface area contributed by atoms with E-state index in [2.05, 4.69) is 10.3 Å². The minimum Gasteiger partial charge on any atom is -0.336 e. The van der Waals surface area contributed by atoms with Gasteiger partial charge in [0.1, 0.15) is 10.7 Å². The Kier molecular flexibility index (Phi) is 5.26. The number of carbonyl (C=O) groups excluding carboxylic acids is 1. The van der Waals surface area contributed by atoms with Gasteiger partial charge in [-0.15, -0.1) is 11.3 Å². The summed E-state index contributed by atoms with van der Waals surface area (Å²) in [4.78, 5) is 20.0. The molecule has 1 fully saturated rings. The van der Waals surface area contributed by atoms with E-state index >= 15 is 0 Å². The van der Waals surface area contributed by atoms with Crippen molar-refractivity contribution in [2.24, 2.45) is 0 Å². The number of hydrogen-bond acceptors (Lipinski definition) is 4.